The lowest BCUT2D eigenvalue weighted by Gasteiger charge is -2.32. The average Bonchev–Trinajstić information content (AvgIpc) is 2.39. The van der Waals surface area contributed by atoms with Gasteiger partial charge in [0.15, 0.2) is 0 Å². The first-order chi connectivity index (χ1) is 8.20. The van der Waals surface area contributed by atoms with Crippen LogP contribution in [0.3, 0.4) is 0 Å². The first kappa shape index (κ1) is 11.7. The second kappa shape index (κ2) is 5.03. The van der Waals surface area contributed by atoms with Gasteiger partial charge in [-0.25, -0.2) is 0 Å². The predicted molar refractivity (Wildman–Crippen MR) is 68.7 cm³/mol. The van der Waals surface area contributed by atoms with Crippen molar-refractivity contribution in [2.45, 2.75) is 26.1 Å². The average molecular weight is 227 g/mol. The fourth-order valence-electron chi connectivity index (χ4n) is 1.90. The molecule has 17 heavy (non-hydrogen) atoms. The van der Waals surface area contributed by atoms with Crippen LogP contribution in [0.25, 0.3) is 5.70 Å². The highest BCUT2D eigenvalue weighted by Crippen LogP contribution is 2.17. The molecule has 0 bridgehead atoms. The van der Waals surface area contributed by atoms with Gasteiger partial charge in [-0.3, -0.25) is 5.32 Å². The zero-order valence-electron chi connectivity index (χ0n) is 10.1. The van der Waals surface area contributed by atoms with Gasteiger partial charge in [0.25, 0.3) is 0 Å². The van der Waals surface area contributed by atoms with Gasteiger partial charge in [0.05, 0.1) is 12.2 Å². The fourth-order valence-corrected chi connectivity index (χ4v) is 1.90. The van der Waals surface area contributed by atoms with Crippen LogP contribution in [0.2, 0.25) is 0 Å². The Morgan fingerprint density at radius 2 is 1.94 bits per heavy atom. The quantitative estimate of drug-likeness (QED) is 0.813. The van der Waals surface area contributed by atoms with Gasteiger partial charge in [-0.2, -0.15) is 5.26 Å². The minimum Gasteiger partial charge on any atom is -0.369 e. The molecule has 0 spiro atoms. The van der Waals surface area contributed by atoms with Gasteiger partial charge in [-0.15, -0.1) is 0 Å². The summed E-state index contributed by atoms with van der Waals surface area (Å²) in [6.45, 7) is 4.26. The molecule has 0 aromatic heterocycles. The van der Waals surface area contributed by atoms with Gasteiger partial charge in [-0.1, -0.05) is 44.2 Å². The van der Waals surface area contributed by atoms with Crippen LogP contribution in [-0.2, 0) is 0 Å². The van der Waals surface area contributed by atoms with Gasteiger partial charge < -0.3 is 5.32 Å². The Balaban J connectivity index is 2.27. The Morgan fingerprint density at radius 1 is 1.24 bits per heavy atom. The van der Waals surface area contributed by atoms with Gasteiger partial charge >= 0.3 is 0 Å². The molecule has 0 saturated heterocycles. The summed E-state index contributed by atoms with van der Waals surface area (Å²) in [6, 6.07) is 12.1. The summed E-state index contributed by atoms with van der Waals surface area (Å²) >= 11 is 0. The first-order valence-electron chi connectivity index (χ1n) is 5.90. The molecule has 2 unspecified atom stereocenters. The van der Waals surface area contributed by atoms with Gasteiger partial charge in [-0.05, 0) is 17.6 Å². The maximum atomic E-state index is 9.07. The van der Waals surface area contributed by atoms with E-state index >= 15 is 0 Å². The normalized spacial score (nSPS) is 23.8. The highest BCUT2D eigenvalue weighted by atomic mass is 15.2. The van der Waals surface area contributed by atoms with Crippen LogP contribution in [-0.4, -0.2) is 12.2 Å². The van der Waals surface area contributed by atoms with Crippen molar-refractivity contribution in [2.24, 2.45) is 5.92 Å². The van der Waals surface area contributed by atoms with Gasteiger partial charge in [0.2, 0.25) is 0 Å². The predicted octanol–water partition coefficient (Wildman–Crippen LogP) is 2.09. The minimum absolute atomic E-state index is 0.139. The Morgan fingerprint density at radius 3 is 2.53 bits per heavy atom. The van der Waals surface area contributed by atoms with E-state index in [1.807, 2.05) is 24.3 Å². The Hall–Kier alpha value is -1.79. The standard InChI is InChI=1S/C14H17N3/c1-10(2)14-16-12(9-15)8-13(17-14)11-6-4-3-5-7-11/h3-8,10,12,14,16-17H,1-2H3. The SMILES string of the molecule is CC(C)C1NC(c2ccccc2)=CC(C#N)N1. The second-order valence-corrected chi connectivity index (χ2v) is 4.59. The van der Waals surface area contributed by atoms with Crippen molar-refractivity contribution in [2.75, 3.05) is 0 Å². The summed E-state index contributed by atoms with van der Waals surface area (Å²) in [5, 5.41) is 15.8. The lowest BCUT2D eigenvalue weighted by atomic mass is 10.0. The maximum Gasteiger partial charge on any atom is 0.118 e. The highest BCUT2D eigenvalue weighted by molar-refractivity contribution is 5.66. The van der Waals surface area contributed by atoms with Crippen molar-refractivity contribution in [1.82, 2.24) is 10.6 Å². The highest BCUT2D eigenvalue weighted by Gasteiger charge is 2.23. The molecule has 1 aliphatic rings. The molecule has 3 heteroatoms. The number of hydrogen-bond acceptors (Lipinski definition) is 3. The number of nitrogens with one attached hydrogen (secondary N) is 2. The third-order valence-electron chi connectivity index (χ3n) is 2.89. The molecule has 1 aromatic carbocycles. The first-order valence-corrected chi connectivity index (χ1v) is 5.90. The molecular formula is C14H17N3. The lowest BCUT2D eigenvalue weighted by Crippen LogP contribution is -2.52. The number of nitriles is 1. The zero-order chi connectivity index (χ0) is 12.3. The topological polar surface area (TPSA) is 47.9 Å². The van der Waals surface area contributed by atoms with Crippen LogP contribution >= 0.6 is 0 Å². The van der Waals surface area contributed by atoms with E-state index in [0.717, 1.165) is 11.3 Å². The third kappa shape index (κ3) is 2.66. The molecule has 88 valence electrons. The van der Waals surface area contributed by atoms with E-state index in [4.69, 9.17) is 5.26 Å². The Labute approximate surface area is 102 Å². The molecule has 2 atom stereocenters. The fraction of sp³-hybridized carbons (Fsp3) is 0.357. The summed E-state index contributed by atoms with van der Waals surface area (Å²) in [7, 11) is 0. The van der Waals surface area contributed by atoms with E-state index in [9.17, 15) is 0 Å². The molecule has 2 rings (SSSR count). The second-order valence-electron chi connectivity index (χ2n) is 4.59. The van der Waals surface area contributed by atoms with E-state index in [2.05, 4.69) is 42.7 Å². The summed E-state index contributed by atoms with van der Waals surface area (Å²) < 4.78 is 0. The van der Waals surface area contributed by atoms with Crippen LogP contribution in [0, 0.1) is 17.2 Å². The van der Waals surface area contributed by atoms with Crippen LogP contribution < -0.4 is 10.6 Å². The van der Waals surface area contributed by atoms with Crippen molar-refractivity contribution < 1.29 is 0 Å². The number of hydrogen-bond donors (Lipinski definition) is 2. The molecule has 1 aliphatic heterocycles. The van der Waals surface area contributed by atoms with Crippen molar-refractivity contribution in [3.05, 3.63) is 42.0 Å². The van der Waals surface area contributed by atoms with Crippen molar-refractivity contribution in [3.63, 3.8) is 0 Å². The molecular weight excluding hydrogens is 210 g/mol. The van der Waals surface area contributed by atoms with Crippen molar-refractivity contribution >= 4 is 5.70 Å². The Kier molecular flexibility index (Phi) is 3.46. The number of nitrogens with zero attached hydrogens (tertiary/aromatic N) is 1. The molecule has 0 saturated carbocycles. The third-order valence-corrected chi connectivity index (χ3v) is 2.89. The largest absolute Gasteiger partial charge is 0.369 e. The summed E-state index contributed by atoms with van der Waals surface area (Å²) in [4.78, 5) is 0. The maximum absolute atomic E-state index is 9.07. The molecule has 2 N–H and O–H groups in total. The molecule has 3 nitrogen and oxygen atoms in total. The monoisotopic (exact) mass is 227 g/mol. The number of benzene rings is 1. The smallest absolute Gasteiger partial charge is 0.118 e. The summed E-state index contributed by atoms with van der Waals surface area (Å²) in [5.74, 6) is 0.429. The van der Waals surface area contributed by atoms with Crippen molar-refractivity contribution in [3.8, 4) is 6.07 Å². The van der Waals surface area contributed by atoms with Crippen LogP contribution in [0.4, 0.5) is 0 Å². The van der Waals surface area contributed by atoms with Crippen LogP contribution in [0.15, 0.2) is 36.4 Å². The molecule has 0 fully saturated rings. The van der Waals surface area contributed by atoms with E-state index < -0.39 is 0 Å². The molecule has 0 aliphatic carbocycles. The van der Waals surface area contributed by atoms with Gasteiger partial charge in [0.1, 0.15) is 6.04 Å². The molecule has 1 aromatic rings. The number of rotatable bonds is 2. The molecule has 0 amide bonds. The summed E-state index contributed by atoms with van der Waals surface area (Å²) in [6.07, 6.45) is 2.08. The van der Waals surface area contributed by atoms with Gasteiger partial charge in [0, 0.05) is 5.70 Å². The minimum atomic E-state index is -0.223. The zero-order valence-corrected chi connectivity index (χ0v) is 10.1. The lowest BCUT2D eigenvalue weighted by molar-refractivity contribution is 0.357. The van der Waals surface area contributed by atoms with Crippen molar-refractivity contribution in [1.29, 1.82) is 5.26 Å². The van der Waals surface area contributed by atoms with Crippen LogP contribution in [0.1, 0.15) is 19.4 Å². The molecule has 1 heterocycles. The summed E-state index contributed by atoms with van der Waals surface area (Å²) in [5.41, 5.74) is 2.16. The van der Waals surface area contributed by atoms with E-state index in [1.165, 1.54) is 0 Å². The van der Waals surface area contributed by atoms with Crippen LogP contribution in [0.5, 0.6) is 0 Å². The van der Waals surface area contributed by atoms with E-state index in [1.54, 1.807) is 0 Å². The van der Waals surface area contributed by atoms with E-state index in [-0.39, 0.29) is 12.2 Å². The van der Waals surface area contributed by atoms with E-state index in [0.29, 0.717) is 5.92 Å². The molecule has 0 radical (unpaired) electrons. The Bertz CT molecular complexity index is 442.